The third-order valence-electron chi connectivity index (χ3n) is 3.32. The highest BCUT2D eigenvalue weighted by Crippen LogP contribution is 2.15. The summed E-state index contributed by atoms with van der Waals surface area (Å²) in [5.41, 5.74) is 0.994. The Labute approximate surface area is 152 Å². The fraction of sp³-hybridized carbons (Fsp3) is 0.118. The lowest BCUT2D eigenvalue weighted by Crippen LogP contribution is -2.36. The number of aromatic amines is 1. The third kappa shape index (κ3) is 4.52. The van der Waals surface area contributed by atoms with Crippen molar-refractivity contribution in [3.8, 4) is 5.69 Å². The Balaban J connectivity index is 1.59. The number of aromatic nitrogens is 2. The van der Waals surface area contributed by atoms with Crippen molar-refractivity contribution in [3.63, 3.8) is 0 Å². The lowest BCUT2D eigenvalue weighted by atomic mass is 10.3. The topological polar surface area (TPSA) is 79.0 Å². The third-order valence-corrected chi connectivity index (χ3v) is 4.60. The van der Waals surface area contributed by atoms with Crippen molar-refractivity contribution in [3.05, 3.63) is 70.0 Å². The van der Waals surface area contributed by atoms with E-state index < -0.39 is 5.63 Å². The molecule has 0 saturated carbocycles. The van der Waals surface area contributed by atoms with Crippen LogP contribution < -0.4 is 15.6 Å². The zero-order valence-electron chi connectivity index (χ0n) is 13.1. The molecule has 6 nitrogen and oxygen atoms in total. The molecule has 0 radical (unpaired) electrons. The zero-order chi connectivity index (χ0) is 17.6. The molecule has 3 aromatic rings. The number of halogens is 1. The van der Waals surface area contributed by atoms with Gasteiger partial charge in [-0.15, -0.1) is 0 Å². The monoisotopic (exact) mass is 376 g/mol. The van der Waals surface area contributed by atoms with E-state index in [1.807, 2.05) is 30.3 Å². The molecule has 1 aromatic heterocycles. The number of carbonyl (C=O) groups excluding carboxylic acids is 1. The number of thioether (sulfide) groups is 1. The predicted molar refractivity (Wildman–Crippen MR) is 96.3 cm³/mol. The molecular formula is C17H15ClN3O3S+. The normalized spacial score (nSPS) is 10.6. The van der Waals surface area contributed by atoms with E-state index in [4.69, 9.17) is 16.1 Å². The van der Waals surface area contributed by atoms with Gasteiger partial charge in [-0.1, -0.05) is 29.8 Å². The van der Waals surface area contributed by atoms with Gasteiger partial charge in [-0.05, 0) is 46.0 Å². The van der Waals surface area contributed by atoms with E-state index in [0.29, 0.717) is 21.5 Å². The summed E-state index contributed by atoms with van der Waals surface area (Å²) in [7, 11) is 0. The Hall–Kier alpha value is -2.51. The molecule has 3 rings (SSSR count). The van der Waals surface area contributed by atoms with Gasteiger partial charge in [0.25, 0.3) is 0 Å². The van der Waals surface area contributed by atoms with Gasteiger partial charge in [0.05, 0.1) is 0 Å². The zero-order valence-corrected chi connectivity index (χ0v) is 14.6. The molecule has 1 heterocycles. The average molecular weight is 377 g/mol. The number of hydrogen-bond acceptors (Lipinski definition) is 4. The molecule has 8 heteroatoms. The van der Waals surface area contributed by atoms with E-state index in [1.165, 1.54) is 11.8 Å². The first-order chi connectivity index (χ1) is 12.1. The van der Waals surface area contributed by atoms with E-state index in [-0.39, 0.29) is 12.3 Å². The second-order valence-electron chi connectivity index (χ2n) is 5.11. The number of anilines is 1. The summed E-state index contributed by atoms with van der Waals surface area (Å²) in [6.07, 6.45) is 0.257. The van der Waals surface area contributed by atoms with Gasteiger partial charge in [0.15, 0.2) is 0 Å². The van der Waals surface area contributed by atoms with Gasteiger partial charge in [-0.2, -0.15) is 0 Å². The van der Waals surface area contributed by atoms with E-state index in [1.54, 1.807) is 28.9 Å². The lowest BCUT2D eigenvalue weighted by molar-refractivity contribution is -0.704. The van der Waals surface area contributed by atoms with Crippen LogP contribution in [0.25, 0.3) is 5.69 Å². The number of benzene rings is 2. The molecule has 128 valence electrons. The maximum absolute atomic E-state index is 12.0. The number of amides is 1. The summed E-state index contributed by atoms with van der Waals surface area (Å²) in [5.74, 6) is 0.301. The van der Waals surface area contributed by atoms with Crippen LogP contribution in [-0.2, 0) is 4.79 Å². The summed E-state index contributed by atoms with van der Waals surface area (Å²) in [4.78, 5) is 23.9. The highest BCUT2D eigenvalue weighted by Gasteiger charge is 2.23. The van der Waals surface area contributed by atoms with Gasteiger partial charge in [-0.3, -0.25) is 9.32 Å². The number of rotatable bonds is 6. The molecule has 0 aliphatic heterocycles. The summed E-state index contributed by atoms with van der Waals surface area (Å²) >= 11 is 7.07. The first kappa shape index (κ1) is 17.3. The molecular weight excluding hydrogens is 362 g/mol. The Morgan fingerprint density at radius 1 is 1.16 bits per heavy atom. The van der Waals surface area contributed by atoms with Crippen LogP contribution >= 0.6 is 23.4 Å². The Kier molecular flexibility index (Phi) is 5.57. The maximum Gasteiger partial charge on any atom is 0.442 e. The van der Waals surface area contributed by atoms with Crippen molar-refractivity contribution in [1.29, 1.82) is 0 Å². The van der Waals surface area contributed by atoms with Crippen LogP contribution in [0.15, 0.2) is 68.9 Å². The van der Waals surface area contributed by atoms with E-state index in [0.717, 1.165) is 5.69 Å². The van der Waals surface area contributed by atoms with E-state index in [9.17, 15) is 9.59 Å². The van der Waals surface area contributed by atoms with E-state index >= 15 is 0 Å². The van der Waals surface area contributed by atoms with E-state index in [2.05, 4.69) is 10.6 Å². The highest BCUT2D eigenvalue weighted by molar-refractivity contribution is 7.99. The average Bonchev–Trinajstić information content (AvgIpc) is 2.99. The Bertz CT molecular complexity index is 907. The predicted octanol–water partition coefficient (Wildman–Crippen LogP) is 3.02. The molecule has 0 aliphatic carbocycles. The molecule has 25 heavy (non-hydrogen) atoms. The number of hydrogen-bond donors (Lipinski definition) is 2. The van der Waals surface area contributed by atoms with Crippen molar-refractivity contribution >= 4 is 35.0 Å². The van der Waals surface area contributed by atoms with Crippen LogP contribution in [0, 0.1) is 0 Å². The van der Waals surface area contributed by atoms with Gasteiger partial charge in [0.2, 0.25) is 11.6 Å². The van der Waals surface area contributed by atoms with Crippen LogP contribution in [0.5, 0.6) is 0 Å². The molecule has 0 aliphatic rings. The number of H-pyrrole nitrogens is 1. The molecule has 0 saturated heterocycles. The quantitative estimate of drug-likeness (QED) is 0.512. The standard InChI is InChI=1S/C17H14ClN3O3S/c18-12-6-8-13(9-7-12)19-15(22)10-11-25-16-17(23)24-20-21(16)14-4-2-1-3-5-14/h1-9H,10-11H2,(H-,19,20,22,23)/p+1. The maximum atomic E-state index is 12.0. The molecule has 0 fully saturated rings. The van der Waals surface area contributed by atoms with Crippen LogP contribution in [0.2, 0.25) is 5.02 Å². The van der Waals surface area contributed by atoms with Crippen LogP contribution in [-0.4, -0.2) is 16.9 Å². The molecule has 2 aromatic carbocycles. The Morgan fingerprint density at radius 2 is 1.88 bits per heavy atom. The van der Waals surface area contributed by atoms with Crippen LogP contribution in [0.1, 0.15) is 6.42 Å². The van der Waals surface area contributed by atoms with Gasteiger partial charge in [-0.25, -0.2) is 4.79 Å². The molecule has 0 atom stereocenters. The molecule has 0 bridgehead atoms. The minimum absolute atomic E-state index is 0.138. The molecule has 0 unspecified atom stereocenters. The SMILES string of the molecule is O=C(CCSc1c(=O)o[nH][n+]1-c1ccccc1)Nc1ccc(Cl)cc1. The van der Waals surface area contributed by atoms with Crippen molar-refractivity contribution in [2.75, 3.05) is 11.1 Å². The fourth-order valence-corrected chi connectivity index (χ4v) is 3.17. The largest absolute Gasteiger partial charge is 0.442 e. The summed E-state index contributed by atoms with van der Waals surface area (Å²) in [5, 5.41) is 6.36. The first-order valence-electron chi connectivity index (χ1n) is 7.50. The minimum Gasteiger partial charge on any atom is -0.326 e. The van der Waals surface area contributed by atoms with Crippen molar-refractivity contribution < 1.29 is 14.0 Å². The van der Waals surface area contributed by atoms with Crippen LogP contribution in [0.3, 0.4) is 0 Å². The number of para-hydroxylation sites is 1. The summed E-state index contributed by atoms with van der Waals surface area (Å²) in [6, 6.07) is 16.2. The van der Waals surface area contributed by atoms with Crippen LogP contribution in [0.4, 0.5) is 5.69 Å². The summed E-state index contributed by atoms with van der Waals surface area (Å²) < 4.78 is 6.42. The number of carbonyl (C=O) groups is 1. The Morgan fingerprint density at radius 3 is 2.60 bits per heavy atom. The van der Waals surface area contributed by atoms with Crippen molar-refractivity contribution in [2.45, 2.75) is 11.4 Å². The van der Waals surface area contributed by atoms with Crippen molar-refractivity contribution in [1.82, 2.24) is 5.27 Å². The lowest BCUT2D eigenvalue weighted by Gasteiger charge is -2.04. The van der Waals surface area contributed by atoms with Gasteiger partial charge < -0.3 is 5.32 Å². The second-order valence-corrected chi connectivity index (χ2v) is 6.63. The highest BCUT2D eigenvalue weighted by atomic mass is 35.5. The first-order valence-corrected chi connectivity index (χ1v) is 8.87. The number of nitrogens with zero attached hydrogens (tertiary/aromatic N) is 1. The van der Waals surface area contributed by atoms with Gasteiger partial charge in [0.1, 0.15) is 0 Å². The van der Waals surface area contributed by atoms with Crippen molar-refractivity contribution in [2.24, 2.45) is 0 Å². The summed E-state index contributed by atoms with van der Waals surface area (Å²) in [6.45, 7) is 0. The van der Waals surface area contributed by atoms with Gasteiger partial charge in [0, 0.05) is 35.0 Å². The molecule has 2 N–H and O–H groups in total. The van der Waals surface area contributed by atoms with Gasteiger partial charge >= 0.3 is 10.7 Å². The number of nitrogens with one attached hydrogen (secondary N) is 2. The minimum atomic E-state index is -0.466. The molecule has 1 amide bonds. The molecule has 0 spiro atoms. The fourth-order valence-electron chi connectivity index (χ4n) is 2.13. The smallest absolute Gasteiger partial charge is 0.326 e. The second kappa shape index (κ2) is 8.04.